The molecule has 6 heteroatoms. The van der Waals surface area contributed by atoms with E-state index in [9.17, 15) is 0 Å². The van der Waals surface area contributed by atoms with Gasteiger partial charge in [0.15, 0.2) is 5.82 Å². The van der Waals surface area contributed by atoms with Gasteiger partial charge in [-0.25, -0.2) is 4.98 Å². The molecule has 0 fully saturated rings. The van der Waals surface area contributed by atoms with Crippen LogP contribution in [0.2, 0.25) is 0 Å². The molecule has 0 radical (unpaired) electrons. The highest BCUT2D eigenvalue weighted by Crippen LogP contribution is 2.27. The normalized spacial score (nSPS) is 10.8. The van der Waals surface area contributed by atoms with Crippen molar-refractivity contribution in [1.82, 2.24) is 15.2 Å². The highest BCUT2D eigenvalue weighted by atomic mass is 79.9. The Morgan fingerprint density at radius 2 is 2.11 bits per heavy atom. The molecule has 0 spiro atoms. The maximum absolute atomic E-state index is 4.49. The Bertz CT molecular complexity index is 664. The molecule has 3 aromatic rings. The fourth-order valence-electron chi connectivity index (χ4n) is 1.59. The average Bonchev–Trinajstić information content (AvgIpc) is 3.09. The zero-order valence-corrected chi connectivity index (χ0v) is 13.1. The molecule has 0 aliphatic rings. The SMILES string of the molecule is Brc1ccccc1CSc1n[nH]c(-c2cccs2)n1. The maximum Gasteiger partial charge on any atom is 0.209 e. The summed E-state index contributed by atoms with van der Waals surface area (Å²) in [6, 6.07) is 12.2. The van der Waals surface area contributed by atoms with Crippen LogP contribution in [0, 0.1) is 0 Å². The van der Waals surface area contributed by atoms with Crippen molar-refractivity contribution in [2.45, 2.75) is 10.9 Å². The number of thioether (sulfide) groups is 1. The fraction of sp³-hybridized carbons (Fsp3) is 0.0769. The Morgan fingerprint density at radius 3 is 2.89 bits per heavy atom. The number of benzene rings is 1. The molecule has 0 bridgehead atoms. The van der Waals surface area contributed by atoms with Crippen molar-refractivity contribution in [3.05, 3.63) is 51.8 Å². The van der Waals surface area contributed by atoms with Crippen molar-refractivity contribution in [3.63, 3.8) is 0 Å². The van der Waals surface area contributed by atoms with E-state index in [-0.39, 0.29) is 0 Å². The van der Waals surface area contributed by atoms with Crippen molar-refractivity contribution in [2.75, 3.05) is 0 Å². The fourth-order valence-corrected chi connectivity index (χ4v) is 3.67. The Hall–Kier alpha value is -1.11. The third kappa shape index (κ3) is 3.08. The van der Waals surface area contributed by atoms with Gasteiger partial charge in [0.1, 0.15) is 0 Å². The number of aromatic amines is 1. The molecule has 0 aliphatic heterocycles. The summed E-state index contributed by atoms with van der Waals surface area (Å²) in [6.07, 6.45) is 0. The van der Waals surface area contributed by atoms with E-state index in [1.54, 1.807) is 23.1 Å². The van der Waals surface area contributed by atoms with Crippen LogP contribution < -0.4 is 0 Å². The zero-order valence-electron chi connectivity index (χ0n) is 9.84. The van der Waals surface area contributed by atoms with Gasteiger partial charge in [0, 0.05) is 10.2 Å². The molecular formula is C13H10BrN3S2. The Labute approximate surface area is 127 Å². The highest BCUT2D eigenvalue weighted by molar-refractivity contribution is 9.10. The van der Waals surface area contributed by atoms with Crippen LogP contribution in [0.4, 0.5) is 0 Å². The van der Waals surface area contributed by atoms with Crippen LogP contribution in [-0.4, -0.2) is 15.2 Å². The number of hydrogen-bond donors (Lipinski definition) is 1. The summed E-state index contributed by atoms with van der Waals surface area (Å²) in [5.41, 5.74) is 1.25. The van der Waals surface area contributed by atoms with Gasteiger partial charge in [-0.2, -0.15) is 0 Å². The van der Waals surface area contributed by atoms with E-state index in [1.807, 2.05) is 35.7 Å². The summed E-state index contributed by atoms with van der Waals surface area (Å²) in [7, 11) is 0. The lowest BCUT2D eigenvalue weighted by Gasteiger charge is -2.00. The van der Waals surface area contributed by atoms with E-state index >= 15 is 0 Å². The van der Waals surface area contributed by atoms with Crippen LogP contribution >= 0.6 is 39.0 Å². The standard InChI is InChI=1S/C13H10BrN3S2/c14-10-5-2-1-4-9(10)8-19-13-15-12(16-17-13)11-6-3-7-18-11/h1-7H,8H2,(H,15,16,17). The zero-order chi connectivity index (χ0) is 13.1. The maximum atomic E-state index is 4.49. The lowest BCUT2D eigenvalue weighted by atomic mass is 10.2. The minimum absolute atomic E-state index is 0.777. The van der Waals surface area contributed by atoms with Crippen molar-refractivity contribution in [3.8, 4) is 10.7 Å². The first kappa shape index (κ1) is 12.9. The minimum atomic E-state index is 0.777. The third-order valence-corrected chi connectivity index (χ3v) is 5.08. The van der Waals surface area contributed by atoms with Crippen LogP contribution in [0.3, 0.4) is 0 Å². The Balaban J connectivity index is 1.70. The van der Waals surface area contributed by atoms with Gasteiger partial charge < -0.3 is 0 Å². The number of nitrogens with one attached hydrogen (secondary N) is 1. The largest absolute Gasteiger partial charge is 0.257 e. The summed E-state index contributed by atoms with van der Waals surface area (Å²) in [5.74, 6) is 1.69. The number of rotatable bonds is 4. The Kier molecular flexibility index (Phi) is 4.00. The number of hydrogen-bond acceptors (Lipinski definition) is 4. The second-order valence-corrected chi connectivity index (χ2v) is 6.57. The number of nitrogens with zero attached hydrogens (tertiary/aromatic N) is 2. The molecule has 0 aliphatic carbocycles. The molecule has 0 unspecified atom stereocenters. The highest BCUT2D eigenvalue weighted by Gasteiger charge is 2.07. The first-order chi connectivity index (χ1) is 9.33. The van der Waals surface area contributed by atoms with Crippen LogP contribution in [-0.2, 0) is 5.75 Å². The molecule has 2 aromatic heterocycles. The van der Waals surface area contributed by atoms with Gasteiger partial charge in [-0.3, -0.25) is 5.10 Å². The van der Waals surface area contributed by atoms with Crippen molar-refractivity contribution in [2.24, 2.45) is 0 Å². The van der Waals surface area contributed by atoms with Crippen LogP contribution in [0.1, 0.15) is 5.56 Å². The van der Waals surface area contributed by atoms with E-state index < -0.39 is 0 Å². The van der Waals surface area contributed by atoms with E-state index in [4.69, 9.17) is 0 Å². The summed E-state index contributed by atoms with van der Waals surface area (Å²) in [4.78, 5) is 5.60. The molecule has 0 atom stereocenters. The van der Waals surface area contributed by atoms with Gasteiger partial charge in [0.25, 0.3) is 0 Å². The van der Waals surface area contributed by atoms with Gasteiger partial charge in [-0.05, 0) is 23.1 Å². The number of aromatic nitrogens is 3. The number of H-pyrrole nitrogens is 1. The summed E-state index contributed by atoms with van der Waals surface area (Å²) < 4.78 is 1.12. The molecule has 3 nitrogen and oxygen atoms in total. The van der Waals surface area contributed by atoms with Gasteiger partial charge in [-0.15, -0.1) is 16.4 Å². The minimum Gasteiger partial charge on any atom is -0.257 e. The van der Waals surface area contributed by atoms with Crippen molar-refractivity contribution < 1.29 is 0 Å². The first-order valence-corrected chi connectivity index (χ1v) is 8.31. The van der Waals surface area contributed by atoms with Crippen molar-refractivity contribution in [1.29, 1.82) is 0 Å². The lowest BCUT2D eigenvalue weighted by Crippen LogP contribution is -1.83. The molecule has 1 N–H and O–H groups in total. The molecular weight excluding hydrogens is 342 g/mol. The molecule has 0 amide bonds. The predicted molar refractivity (Wildman–Crippen MR) is 83.4 cm³/mol. The van der Waals surface area contributed by atoms with Crippen LogP contribution in [0.15, 0.2) is 51.4 Å². The third-order valence-electron chi connectivity index (χ3n) is 2.53. The second-order valence-electron chi connectivity index (χ2n) is 3.82. The van der Waals surface area contributed by atoms with E-state index in [0.29, 0.717) is 0 Å². The molecule has 0 saturated carbocycles. The van der Waals surface area contributed by atoms with Gasteiger partial charge in [0.05, 0.1) is 4.88 Å². The van der Waals surface area contributed by atoms with Gasteiger partial charge in [-0.1, -0.05) is 52.0 Å². The smallest absolute Gasteiger partial charge is 0.209 e. The second kappa shape index (κ2) is 5.90. The summed E-state index contributed by atoms with van der Waals surface area (Å²) in [6.45, 7) is 0. The lowest BCUT2D eigenvalue weighted by molar-refractivity contribution is 0.973. The average molecular weight is 352 g/mol. The van der Waals surface area contributed by atoms with Gasteiger partial charge in [0.2, 0.25) is 5.16 Å². The summed E-state index contributed by atoms with van der Waals surface area (Å²) in [5, 5.41) is 10.0. The summed E-state index contributed by atoms with van der Waals surface area (Å²) >= 11 is 6.83. The monoisotopic (exact) mass is 351 g/mol. The Morgan fingerprint density at radius 1 is 1.21 bits per heavy atom. The molecule has 19 heavy (non-hydrogen) atoms. The van der Waals surface area contributed by atoms with E-state index in [1.165, 1.54) is 5.56 Å². The van der Waals surface area contributed by atoms with Crippen LogP contribution in [0.25, 0.3) is 10.7 Å². The topological polar surface area (TPSA) is 41.6 Å². The quantitative estimate of drug-likeness (QED) is 0.699. The molecule has 3 rings (SSSR count). The van der Waals surface area contributed by atoms with Crippen molar-refractivity contribution >= 4 is 39.0 Å². The van der Waals surface area contributed by atoms with E-state index in [2.05, 4.69) is 37.2 Å². The molecule has 96 valence electrons. The first-order valence-electron chi connectivity index (χ1n) is 5.65. The molecule has 1 aromatic carbocycles. The number of halogens is 1. The molecule has 2 heterocycles. The van der Waals surface area contributed by atoms with E-state index in [0.717, 1.165) is 26.1 Å². The predicted octanol–water partition coefficient (Wildman–Crippen LogP) is 4.59. The number of thiophene rings is 1. The molecule has 0 saturated heterocycles. The van der Waals surface area contributed by atoms with Gasteiger partial charge >= 0.3 is 0 Å². The van der Waals surface area contributed by atoms with Crippen LogP contribution in [0.5, 0.6) is 0 Å².